The first-order valence-corrected chi connectivity index (χ1v) is 8.18. The lowest BCUT2D eigenvalue weighted by Crippen LogP contribution is -2.54. The number of hydrogen-bond acceptors (Lipinski definition) is 8. The number of amides is 3. The Hall–Kier alpha value is -1.99. The normalized spacial score (nSPS) is 13.9. The number of hydrogen-bond donors (Lipinski definition) is 8. The van der Waals surface area contributed by atoms with Gasteiger partial charge in [-0.05, 0) is 0 Å². The maximum absolute atomic E-state index is 11.9. The highest BCUT2D eigenvalue weighted by Crippen LogP contribution is 1.94. The molecule has 0 aromatic carbocycles. The van der Waals surface area contributed by atoms with E-state index in [1.54, 1.807) is 0 Å². The zero-order valence-electron chi connectivity index (χ0n) is 13.0. The molecular weight excluding hydrogens is 376 g/mol. The molecule has 0 aromatic rings. The fraction of sp³-hybridized carbons (Fsp3) is 0.583. The molecule has 0 aromatic heterocycles. The van der Waals surface area contributed by atoms with Gasteiger partial charge in [0.1, 0.15) is 12.1 Å². The topological polar surface area (TPSA) is 188 Å². The van der Waals surface area contributed by atoms with Crippen molar-refractivity contribution in [1.82, 2.24) is 16.0 Å². The van der Waals surface area contributed by atoms with Gasteiger partial charge in [-0.15, -0.1) is 0 Å². The van der Waals surface area contributed by atoms with Crippen LogP contribution in [0.1, 0.15) is 6.42 Å². The maximum atomic E-state index is 11.9. The standard InChI is InChI=1S/C12H20N4O7S2/c13-5(3-24)10(20)16-7(4-25)11(21)14-2-8(17)15-6(12(22)23)1-9(18)19/h5-7,24-25H,1-4,13H2,(H,14,21)(H,15,17)(H,16,20)(H,18,19)(H,22,23). The Balaban J connectivity index is 4.54. The van der Waals surface area contributed by atoms with E-state index in [1.165, 1.54) is 0 Å². The van der Waals surface area contributed by atoms with Gasteiger partial charge in [0.2, 0.25) is 17.7 Å². The molecule has 142 valence electrons. The second-order valence-electron chi connectivity index (χ2n) is 4.81. The molecule has 0 radical (unpaired) electrons. The summed E-state index contributed by atoms with van der Waals surface area (Å²) in [5, 5.41) is 23.8. The Bertz CT molecular complexity index is 532. The predicted molar refractivity (Wildman–Crippen MR) is 92.4 cm³/mol. The predicted octanol–water partition coefficient (Wildman–Crippen LogP) is -3.18. The molecule has 0 fully saturated rings. The molecule has 3 atom stereocenters. The summed E-state index contributed by atoms with van der Waals surface area (Å²) in [6, 6.07) is -3.62. The molecule has 0 aliphatic rings. The molecule has 0 aliphatic heterocycles. The van der Waals surface area contributed by atoms with Crippen LogP contribution in [0.3, 0.4) is 0 Å². The summed E-state index contributed by atoms with van der Waals surface area (Å²) < 4.78 is 0. The number of carboxylic acids is 2. The fourth-order valence-electron chi connectivity index (χ4n) is 1.47. The van der Waals surface area contributed by atoms with Crippen molar-refractivity contribution in [2.24, 2.45) is 5.73 Å². The van der Waals surface area contributed by atoms with Crippen molar-refractivity contribution < 1.29 is 34.2 Å². The van der Waals surface area contributed by atoms with Gasteiger partial charge in [-0.25, -0.2) is 4.79 Å². The molecule has 7 N–H and O–H groups in total. The monoisotopic (exact) mass is 396 g/mol. The molecule has 3 unspecified atom stereocenters. The van der Waals surface area contributed by atoms with Crippen LogP contribution in [0.25, 0.3) is 0 Å². The van der Waals surface area contributed by atoms with E-state index in [0.717, 1.165) is 0 Å². The number of rotatable bonds is 11. The van der Waals surface area contributed by atoms with E-state index < -0.39 is 60.8 Å². The Morgan fingerprint density at radius 3 is 1.96 bits per heavy atom. The third kappa shape index (κ3) is 9.16. The first-order valence-electron chi connectivity index (χ1n) is 6.91. The van der Waals surface area contributed by atoms with Crippen LogP contribution in [0.4, 0.5) is 0 Å². The smallest absolute Gasteiger partial charge is 0.326 e. The van der Waals surface area contributed by atoms with Crippen LogP contribution in [0.15, 0.2) is 0 Å². The molecule has 3 amide bonds. The second-order valence-corrected chi connectivity index (χ2v) is 5.54. The van der Waals surface area contributed by atoms with Gasteiger partial charge >= 0.3 is 11.9 Å². The van der Waals surface area contributed by atoms with Gasteiger partial charge in [-0.1, -0.05) is 0 Å². The van der Waals surface area contributed by atoms with E-state index >= 15 is 0 Å². The first kappa shape index (κ1) is 23.0. The maximum Gasteiger partial charge on any atom is 0.326 e. The van der Waals surface area contributed by atoms with E-state index in [-0.39, 0.29) is 11.5 Å². The average molecular weight is 396 g/mol. The minimum Gasteiger partial charge on any atom is -0.481 e. The van der Waals surface area contributed by atoms with Crippen molar-refractivity contribution >= 4 is 54.9 Å². The molecule has 11 nitrogen and oxygen atoms in total. The molecule has 0 saturated heterocycles. The van der Waals surface area contributed by atoms with Crippen molar-refractivity contribution in [3.63, 3.8) is 0 Å². The summed E-state index contributed by atoms with van der Waals surface area (Å²) in [6.45, 7) is -0.610. The molecule has 0 spiro atoms. The number of carboxylic acid groups (broad SMARTS) is 2. The largest absolute Gasteiger partial charge is 0.481 e. The quantitative estimate of drug-likeness (QED) is 0.168. The lowest BCUT2D eigenvalue weighted by atomic mass is 10.2. The molecule has 0 heterocycles. The Labute approximate surface area is 153 Å². The van der Waals surface area contributed by atoms with Crippen molar-refractivity contribution in [2.45, 2.75) is 24.5 Å². The van der Waals surface area contributed by atoms with Crippen LogP contribution in [0.5, 0.6) is 0 Å². The summed E-state index contributed by atoms with van der Waals surface area (Å²) in [6.07, 6.45) is -0.814. The zero-order chi connectivity index (χ0) is 19.6. The summed E-state index contributed by atoms with van der Waals surface area (Å²) in [5.41, 5.74) is 5.45. The molecule has 0 bridgehead atoms. The van der Waals surface area contributed by atoms with E-state index in [4.69, 9.17) is 15.9 Å². The summed E-state index contributed by atoms with van der Waals surface area (Å²) in [4.78, 5) is 56.5. The lowest BCUT2D eigenvalue weighted by Gasteiger charge is -2.18. The summed E-state index contributed by atoms with van der Waals surface area (Å²) >= 11 is 7.76. The lowest BCUT2D eigenvalue weighted by molar-refractivity contribution is -0.147. The third-order valence-electron chi connectivity index (χ3n) is 2.78. The molecule has 13 heteroatoms. The SMILES string of the molecule is NC(CS)C(=O)NC(CS)C(=O)NCC(=O)NC(CC(=O)O)C(=O)O. The Kier molecular flexibility index (Phi) is 10.6. The molecule has 0 saturated carbocycles. The second kappa shape index (κ2) is 11.5. The first-order chi connectivity index (χ1) is 11.6. The van der Waals surface area contributed by atoms with Crippen LogP contribution in [0.2, 0.25) is 0 Å². The number of nitrogens with one attached hydrogen (secondary N) is 3. The third-order valence-corrected chi connectivity index (χ3v) is 3.54. The van der Waals surface area contributed by atoms with Crippen LogP contribution in [0, 0.1) is 0 Å². The van der Waals surface area contributed by atoms with E-state index in [2.05, 4.69) is 35.9 Å². The number of thiol groups is 2. The highest BCUT2D eigenvalue weighted by atomic mass is 32.1. The number of carbonyl (C=O) groups excluding carboxylic acids is 3. The van der Waals surface area contributed by atoms with Gasteiger partial charge in [-0.3, -0.25) is 19.2 Å². The van der Waals surface area contributed by atoms with Crippen molar-refractivity contribution in [3.05, 3.63) is 0 Å². The van der Waals surface area contributed by atoms with Crippen molar-refractivity contribution in [3.8, 4) is 0 Å². The van der Waals surface area contributed by atoms with Crippen LogP contribution >= 0.6 is 25.3 Å². The summed E-state index contributed by atoms with van der Waals surface area (Å²) in [7, 11) is 0. The van der Waals surface area contributed by atoms with E-state index in [9.17, 15) is 24.0 Å². The zero-order valence-corrected chi connectivity index (χ0v) is 14.8. The molecule has 0 aliphatic carbocycles. The van der Waals surface area contributed by atoms with Crippen LogP contribution in [-0.4, -0.2) is 76.0 Å². The highest BCUT2D eigenvalue weighted by molar-refractivity contribution is 7.80. The van der Waals surface area contributed by atoms with E-state index in [1.807, 2.05) is 5.32 Å². The van der Waals surface area contributed by atoms with Gasteiger partial charge in [0.25, 0.3) is 0 Å². The molecule has 0 rings (SSSR count). The minimum atomic E-state index is -1.63. The highest BCUT2D eigenvalue weighted by Gasteiger charge is 2.25. The number of carbonyl (C=O) groups is 5. The van der Waals surface area contributed by atoms with E-state index in [0.29, 0.717) is 0 Å². The average Bonchev–Trinajstić information content (AvgIpc) is 2.55. The molecular formula is C12H20N4O7S2. The van der Waals surface area contributed by atoms with Gasteiger partial charge in [0.05, 0.1) is 19.0 Å². The summed E-state index contributed by atoms with van der Waals surface area (Å²) in [5.74, 6) is -5.21. The number of nitrogens with two attached hydrogens (primary N) is 1. The minimum absolute atomic E-state index is 0.0648. The van der Waals surface area contributed by atoms with Crippen LogP contribution < -0.4 is 21.7 Å². The Morgan fingerprint density at radius 2 is 1.52 bits per heavy atom. The Morgan fingerprint density at radius 1 is 0.920 bits per heavy atom. The van der Waals surface area contributed by atoms with Gasteiger partial charge in [-0.2, -0.15) is 25.3 Å². The fourth-order valence-corrected chi connectivity index (χ4v) is 1.89. The molecule has 25 heavy (non-hydrogen) atoms. The van der Waals surface area contributed by atoms with Crippen LogP contribution in [-0.2, 0) is 24.0 Å². The van der Waals surface area contributed by atoms with Gasteiger partial charge in [0, 0.05) is 11.5 Å². The number of aliphatic carboxylic acids is 2. The van der Waals surface area contributed by atoms with Gasteiger partial charge in [0.15, 0.2) is 0 Å². The van der Waals surface area contributed by atoms with Crippen molar-refractivity contribution in [1.29, 1.82) is 0 Å². The van der Waals surface area contributed by atoms with Gasteiger partial charge < -0.3 is 31.9 Å². The van der Waals surface area contributed by atoms with Crippen molar-refractivity contribution in [2.75, 3.05) is 18.1 Å².